The maximum Gasteiger partial charge on any atom is 0.191 e. The summed E-state index contributed by atoms with van der Waals surface area (Å²) >= 11 is 1.89. The van der Waals surface area contributed by atoms with Crippen LogP contribution < -0.4 is 10.6 Å². The first-order valence-electron chi connectivity index (χ1n) is 7.86. The Hall–Kier alpha value is -1.95. The minimum atomic E-state index is 0.754. The highest BCUT2D eigenvalue weighted by atomic mass is 32.2. The number of hydrogen-bond acceptors (Lipinski definition) is 3. The number of benzene rings is 1. The molecule has 0 bridgehead atoms. The average Bonchev–Trinajstić information content (AvgIpc) is 3.12. The Bertz CT molecular complexity index is 578. The third kappa shape index (κ3) is 5.98. The van der Waals surface area contributed by atoms with Crippen LogP contribution in [0.25, 0.3) is 5.69 Å². The maximum absolute atomic E-state index is 4.25. The lowest BCUT2D eigenvalue weighted by Gasteiger charge is -2.12. The second-order valence-corrected chi connectivity index (χ2v) is 6.16. The van der Waals surface area contributed by atoms with Crippen molar-refractivity contribution in [1.82, 2.24) is 20.4 Å². The summed E-state index contributed by atoms with van der Waals surface area (Å²) in [6.45, 7) is 1.71. The van der Waals surface area contributed by atoms with Gasteiger partial charge in [0.05, 0.1) is 5.69 Å². The second-order valence-electron chi connectivity index (χ2n) is 5.17. The number of rotatable bonds is 8. The van der Waals surface area contributed by atoms with Crippen LogP contribution >= 0.6 is 11.8 Å². The van der Waals surface area contributed by atoms with E-state index in [9.17, 15) is 0 Å². The van der Waals surface area contributed by atoms with Crippen LogP contribution in [0.5, 0.6) is 0 Å². The molecule has 0 atom stereocenters. The van der Waals surface area contributed by atoms with Gasteiger partial charge in [-0.05, 0) is 48.6 Å². The van der Waals surface area contributed by atoms with Crippen LogP contribution in [-0.2, 0) is 6.54 Å². The fraction of sp³-hybridized carbons (Fsp3) is 0.412. The van der Waals surface area contributed by atoms with Crippen molar-refractivity contribution in [3.05, 3.63) is 48.3 Å². The zero-order valence-electron chi connectivity index (χ0n) is 13.8. The lowest BCUT2D eigenvalue weighted by Crippen LogP contribution is -2.37. The molecule has 5 nitrogen and oxygen atoms in total. The van der Waals surface area contributed by atoms with Crippen molar-refractivity contribution in [3.63, 3.8) is 0 Å². The summed E-state index contributed by atoms with van der Waals surface area (Å²) in [7, 11) is 1.80. The van der Waals surface area contributed by atoms with E-state index in [1.807, 2.05) is 28.7 Å². The summed E-state index contributed by atoms with van der Waals surface area (Å²) in [4.78, 5) is 4.25. The van der Waals surface area contributed by atoms with Gasteiger partial charge < -0.3 is 10.6 Å². The van der Waals surface area contributed by atoms with Gasteiger partial charge in [-0.25, -0.2) is 4.68 Å². The number of aromatic nitrogens is 2. The largest absolute Gasteiger partial charge is 0.356 e. The molecule has 1 heterocycles. The first-order valence-corrected chi connectivity index (χ1v) is 9.25. The Kier molecular flexibility index (Phi) is 7.52. The molecule has 2 N–H and O–H groups in total. The molecular formula is C17H25N5S. The molecule has 0 spiro atoms. The summed E-state index contributed by atoms with van der Waals surface area (Å²) < 4.78 is 1.85. The smallest absolute Gasteiger partial charge is 0.191 e. The number of nitrogens with one attached hydrogen (secondary N) is 2. The van der Waals surface area contributed by atoms with E-state index in [0.29, 0.717) is 0 Å². The van der Waals surface area contributed by atoms with Gasteiger partial charge in [-0.1, -0.05) is 12.1 Å². The van der Waals surface area contributed by atoms with E-state index in [4.69, 9.17) is 0 Å². The highest BCUT2D eigenvalue weighted by molar-refractivity contribution is 7.98. The first kappa shape index (κ1) is 17.4. The molecule has 0 aliphatic rings. The Morgan fingerprint density at radius 1 is 1.22 bits per heavy atom. The van der Waals surface area contributed by atoms with Crippen LogP contribution in [0.1, 0.15) is 18.4 Å². The van der Waals surface area contributed by atoms with E-state index < -0.39 is 0 Å². The molecule has 23 heavy (non-hydrogen) atoms. The van der Waals surface area contributed by atoms with Crippen molar-refractivity contribution in [2.24, 2.45) is 4.99 Å². The predicted molar refractivity (Wildman–Crippen MR) is 99.4 cm³/mol. The molecule has 1 aromatic heterocycles. The highest BCUT2D eigenvalue weighted by Crippen LogP contribution is 2.08. The number of hydrogen-bond donors (Lipinski definition) is 2. The molecule has 0 amide bonds. The molecular weight excluding hydrogens is 306 g/mol. The van der Waals surface area contributed by atoms with Crippen molar-refractivity contribution in [2.75, 3.05) is 25.6 Å². The Labute approximate surface area is 142 Å². The summed E-state index contributed by atoms with van der Waals surface area (Å²) in [5.41, 5.74) is 2.28. The molecule has 0 aliphatic heterocycles. The van der Waals surface area contributed by atoms with E-state index in [1.54, 1.807) is 13.2 Å². The van der Waals surface area contributed by atoms with Crippen LogP contribution in [0.15, 0.2) is 47.7 Å². The quantitative estimate of drug-likeness (QED) is 0.444. The molecule has 2 rings (SSSR count). The lowest BCUT2D eigenvalue weighted by atomic mass is 10.2. The molecule has 0 fully saturated rings. The predicted octanol–water partition coefficient (Wildman–Crippen LogP) is 2.68. The molecule has 2 aromatic rings. The summed E-state index contributed by atoms with van der Waals surface area (Å²) in [6, 6.07) is 10.3. The molecule has 1 aromatic carbocycles. The Morgan fingerprint density at radius 2 is 2.04 bits per heavy atom. The minimum Gasteiger partial charge on any atom is -0.356 e. The average molecular weight is 331 g/mol. The second kappa shape index (κ2) is 9.94. The van der Waals surface area contributed by atoms with E-state index in [1.165, 1.54) is 24.2 Å². The molecule has 0 aliphatic carbocycles. The molecule has 124 valence electrons. The Balaban J connectivity index is 1.75. The van der Waals surface area contributed by atoms with Crippen molar-refractivity contribution in [1.29, 1.82) is 0 Å². The fourth-order valence-electron chi connectivity index (χ4n) is 2.17. The number of nitrogens with zero attached hydrogens (tertiary/aromatic N) is 3. The van der Waals surface area contributed by atoms with E-state index in [2.05, 4.69) is 51.2 Å². The van der Waals surface area contributed by atoms with Crippen LogP contribution in [0.4, 0.5) is 0 Å². The van der Waals surface area contributed by atoms with Gasteiger partial charge in [0, 0.05) is 32.5 Å². The van der Waals surface area contributed by atoms with Gasteiger partial charge in [0.25, 0.3) is 0 Å². The molecule has 6 heteroatoms. The van der Waals surface area contributed by atoms with Crippen LogP contribution in [-0.4, -0.2) is 41.3 Å². The van der Waals surface area contributed by atoms with Crippen LogP contribution in [0.3, 0.4) is 0 Å². The molecule has 0 radical (unpaired) electrons. The van der Waals surface area contributed by atoms with Gasteiger partial charge in [-0.2, -0.15) is 16.9 Å². The molecule has 0 saturated carbocycles. The fourth-order valence-corrected chi connectivity index (χ4v) is 2.67. The van der Waals surface area contributed by atoms with Gasteiger partial charge in [0.1, 0.15) is 0 Å². The first-order chi connectivity index (χ1) is 11.3. The maximum atomic E-state index is 4.25. The number of aliphatic imine (C=N–C) groups is 1. The monoisotopic (exact) mass is 331 g/mol. The van der Waals surface area contributed by atoms with Crippen molar-refractivity contribution >= 4 is 17.7 Å². The minimum absolute atomic E-state index is 0.754. The van der Waals surface area contributed by atoms with Crippen molar-refractivity contribution in [2.45, 2.75) is 19.4 Å². The number of thioether (sulfide) groups is 1. The van der Waals surface area contributed by atoms with E-state index >= 15 is 0 Å². The van der Waals surface area contributed by atoms with Gasteiger partial charge in [0.2, 0.25) is 0 Å². The molecule has 0 unspecified atom stereocenters. The van der Waals surface area contributed by atoms with Gasteiger partial charge in [-0.15, -0.1) is 0 Å². The topological polar surface area (TPSA) is 54.2 Å². The normalized spacial score (nSPS) is 11.5. The standard InChI is InChI=1S/C17H25N5S/c1-18-17(19-10-3-4-13-23-2)20-14-15-6-8-16(9-7-15)22-12-5-11-21-22/h5-9,11-12H,3-4,10,13-14H2,1-2H3,(H2,18,19,20). The lowest BCUT2D eigenvalue weighted by molar-refractivity contribution is 0.733. The van der Waals surface area contributed by atoms with Crippen molar-refractivity contribution < 1.29 is 0 Å². The SMILES string of the molecule is CN=C(NCCCCSC)NCc1ccc(-n2cccn2)cc1. The highest BCUT2D eigenvalue weighted by Gasteiger charge is 2.00. The van der Waals surface area contributed by atoms with E-state index in [0.717, 1.165) is 24.7 Å². The Morgan fingerprint density at radius 3 is 2.70 bits per heavy atom. The van der Waals surface area contributed by atoms with Gasteiger partial charge >= 0.3 is 0 Å². The third-order valence-electron chi connectivity index (χ3n) is 3.46. The van der Waals surface area contributed by atoms with E-state index in [-0.39, 0.29) is 0 Å². The van der Waals surface area contributed by atoms with Crippen LogP contribution in [0.2, 0.25) is 0 Å². The molecule has 0 saturated heterocycles. The summed E-state index contributed by atoms with van der Waals surface area (Å²) in [5.74, 6) is 2.07. The van der Waals surface area contributed by atoms with Gasteiger partial charge in [-0.3, -0.25) is 4.99 Å². The summed E-state index contributed by atoms with van der Waals surface area (Å²) in [5, 5.41) is 10.9. The summed E-state index contributed by atoms with van der Waals surface area (Å²) in [6.07, 6.45) is 8.27. The van der Waals surface area contributed by atoms with Crippen molar-refractivity contribution in [3.8, 4) is 5.69 Å². The third-order valence-corrected chi connectivity index (χ3v) is 4.15. The zero-order chi connectivity index (χ0) is 16.3. The van der Waals surface area contributed by atoms with Crippen LogP contribution in [0, 0.1) is 0 Å². The zero-order valence-corrected chi connectivity index (χ0v) is 14.6. The number of guanidine groups is 1. The van der Waals surface area contributed by atoms with Gasteiger partial charge in [0.15, 0.2) is 5.96 Å². The number of unbranched alkanes of at least 4 members (excludes halogenated alkanes) is 1.